The predicted octanol–water partition coefficient (Wildman–Crippen LogP) is 1.04. The molecule has 0 rings (SSSR count). The molecular formula is C15H28N2O4. The minimum absolute atomic E-state index is 0.317. The second kappa shape index (κ2) is 16.4. The summed E-state index contributed by atoms with van der Waals surface area (Å²) in [6.45, 7) is 16.4. The standard InChI is InChI=1S/C8H15NO2.C7H13NO2/c1-4-9-5-6-11-8(10)7(2)3;1-3-7(9)10-6-5-8-4-2/h9H,2,4-6H2,1,3H3;3,8H,1,4-6H2,2H3. The fourth-order valence-corrected chi connectivity index (χ4v) is 0.975. The fourth-order valence-electron chi connectivity index (χ4n) is 0.975. The Hall–Kier alpha value is -1.66. The van der Waals surface area contributed by atoms with E-state index < -0.39 is 0 Å². The van der Waals surface area contributed by atoms with Crippen LogP contribution in [0.5, 0.6) is 0 Å². The lowest BCUT2D eigenvalue weighted by molar-refractivity contribution is -0.139. The lowest BCUT2D eigenvalue weighted by atomic mass is 10.4. The molecule has 6 nitrogen and oxygen atoms in total. The minimum Gasteiger partial charge on any atom is -0.461 e. The Labute approximate surface area is 127 Å². The molecule has 0 aromatic rings. The van der Waals surface area contributed by atoms with Crippen molar-refractivity contribution < 1.29 is 19.1 Å². The zero-order valence-corrected chi connectivity index (χ0v) is 13.4. The van der Waals surface area contributed by atoms with E-state index in [1.165, 1.54) is 0 Å². The van der Waals surface area contributed by atoms with Gasteiger partial charge in [0.1, 0.15) is 13.2 Å². The Kier molecular flexibility index (Phi) is 16.9. The van der Waals surface area contributed by atoms with E-state index in [1.54, 1.807) is 6.92 Å². The molecule has 0 radical (unpaired) electrons. The molecule has 0 bridgehead atoms. The number of esters is 2. The van der Waals surface area contributed by atoms with Gasteiger partial charge in [0.05, 0.1) is 0 Å². The molecule has 0 aliphatic rings. The Bertz CT molecular complexity index is 317. The molecular weight excluding hydrogens is 272 g/mol. The van der Waals surface area contributed by atoms with E-state index in [4.69, 9.17) is 4.74 Å². The predicted molar refractivity (Wildman–Crippen MR) is 84.0 cm³/mol. The van der Waals surface area contributed by atoms with E-state index in [2.05, 4.69) is 28.5 Å². The summed E-state index contributed by atoms with van der Waals surface area (Å²) in [7, 11) is 0. The zero-order valence-electron chi connectivity index (χ0n) is 13.4. The van der Waals surface area contributed by atoms with Crippen LogP contribution >= 0.6 is 0 Å². The van der Waals surface area contributed by atoms with Crippen molar-refractivity contribution in [1.82, 2.24) is 10.6 Å². The van der Waals surface area contributed by atoms with Crippen LogP contribution in [0.15, 0.2) is 24.8 Å². The normalized spacial score (nSPS) is 9.10. The van der Waals surface area contributed by atoms with E-state index in [0.717, 1.165) is 19.2 Å². The third kappa shape index (κ3) is 18.3. The molecule has 0 amide bonds. The molecule has 0 fully saturated rings. The Morgan fingerprint density at radius 2 is 1.52 bits per heavy atom. The fraction of sp³-hybridized carbons (Fsp3) is 0.600. The second-order valence-corrected chi connectivity index (χ2v) is 3.99. The average Bonchev–Trinajstić information content (AvgIpc) is 2.48. The Balaban J connectivity index is 0. The summed E-state index contributed by atoms with van der Waals surface area (Å²) in [6, 6.07) is 0. The van der Waals surface area contributed by atoms with E-state index >= 15 is 0 Å². The van der Waals surface area contributed by atoms with Gasteiger partial charge >= 0.3 is 11.9 Å². The first-order valence-corrected chi connectivity index (χ1v) is 7.02. The van der Waals surface area contributed by atoms with Gasteiger partial charge < -0.3 is 20.1 Å². The third-order valence-electron chi connectivity index (χ3n) is 2.05. The topological polar surface area (TPSA) is 76.7 Å². The van der Waals surface area contributed by atoms with Crippen molar-refractivity contribution >= 4 is 11.9 Å². The molecule has 0 saturated carbocycles. The lowest BCUT2D eigenvalue weighted by Crippen LogP contribution is -2.20. The van der Waals surface area contributed by atoms with Gasteiger partial charge in [0.25, 0.3) is 0 Å². The lowest BCUT2D eigenvalue weighted by Gasteiger charge is -2.03. The van der Waals surface area contributed by atoms with Crippen LogP contribution < -0.4 is 10.6 Å². The zero-order chi connectivity index (χ0) is 16.5. The first-order chi connectivity index (χ1) is 9.99. The Morgan fingerprint density at radius 1 is 1.05 bits per heavy atom. The van der Waals surface area contributed by atoms with Gasteiger partial charge in [-0.15, -0.1) is 0 Å². The first-order valence-electron chi connectivity index (χ1n) is 7.02. The number of ether oxygens (including phenoxy) is 2. The summed E-state index contributed by atoms with van der Waals surface area (Å²) in [5, 5.41) is 6.05. The highest BCUT2D eigenvalue weighted by atomic mass is 16.5. The summed E-state index contributed by atoms with van der Waals surface area (Å²) < 4.78 is 9.48. The smallest absolute Gasteiger partial charge is 0.333 e. The van der Waals surface area contributed by atoms with E-state index in [9.17, 15) is 9.59 Å². The summed E-state index contributed by atoms with van der Waals surface area (Å²) >= 11 is 0. The number of hydrogen-bond donors (Lipinski definition) is 2. The molecule has 0 aromatic carbocycles. The molecule has 0 aliphatic carbocycles. The summed E-state index contributed by atoms with van der Waals surface area (Å²) in [6.07, 6.45) is 1.16. The maximum absolute atomic E-state index is 10.8. The van der Waals surface area contributed by atoms with Crippen molar-refractivity contribution in [2.75, 3.05) is 39.4 Å². The van der Waals surface area contributed by atoms with Gasteiger partial charge in [-0.05, 0) is 20.0 Å². The van der Waals surface area contributed by atoms with Crippen LogP contribution in [0.25, 0.3) is 0 Å². The van der Waals surface area contributed by atoms with Crippen LogP contribution in [0, 0.1) is 0 Å². The summed E-state index contributed by atoms with van der Waals surface area (Å²) in [4.78, 5) is 21.2. The number of carbonyl (C=O) groups excluding carboxylic acids is 2. The molecule has 0 heterocycles. The van der Waals surface area contributed by atoms with E-state index in [0.29, 0.717) is 31.9 Å². The van der Waals surface area contributed by atoms with Gasteiger partial charge in [-0.1, -0.05) is 27.0 Å². The number of carbonyl (C=O) groups is 2. The van der Waals surface area contributed by atoms with Crippen molar-refractivity contribution in [2.45, 2.75) is 20.8 Å². The number of rotatable bonds is 10. The number of likely N-dealkylation sites (N-methyl/N-ethyl adjacent to an activating group) is 2. The largest absolute Gasteiger partial charge is 0.461 e. The van der Waals surface area contributed by atoms with Gasteiger partial charge in [-0.2, -0.15) is 0 Å². The van der Waals surface area contributed by atoms with E-state index in [-0.39, 0.29) is 11.9 Å². The molecule has 21 heavy (non-hydrogen) atoms. The van der Waals surface area contributed by atoms with Gasteiger partial charge in [-0.25, -0.2) is 9.59 Å². The van der Waals surface area contributed by atoms with Crippen LogP contribution in [0.1, 0.15) is 20.8 Å². The molecule has 0 saturated heterocycles. The Morgan fingerprint density at radius 3 is 1.90 bits per heavy atom. The number of nitrogens with one attached hydrogen (secondary N) is 2. The van der Waals surface area contributed by atoms with Gasteiger partial charge in [0.15, 0.2) is 0 Å². The molecule has 0 spiro atoms. The highest BCUT2D eigenvalue weighted by Gasteiger charge is 2.00. The third-order valence-corrected chi connectivity index (χ3v) is 2.05. The van der Waals surface area contributed by atoms with Crippen LogP contribution in [0.4, 0.5) is 0 Å². The highest BCUT2D eigenvalue weighted by molar-refractivity contribution is 5.86. The SMILES string of the molecule is C=C(C)C(=O)OCCNCC.C=CC(=O)OCCNCC. The highest BCUT2D eigenvalue weighted by Crippen LogP contribution is 1.90. The van der Waals surface area contributed by atoms with Gasteiger partial charge in [0.2, 0.25) is 0 Å². The van der Waals surface area contributed by atoms with Crippen LogP contribution in [0.2, 0.25) is 0 Å². The summed E-state index contributed by atoms with van der Waals surface area (Å²) in [5.41, 5.74) is 0.446. The molecule has 0 aromatic heterocycles. The minimum atomic E-state index is -0.363. The van der Waals surface area contributed by atoms with Gasteiger partial charge in [-0.3, -0.25) is 0 Å². The monoisotopic (exact) mass is 300 g/mol. The van der Waals surface area contributed by atoms with Gasteiger partial charge in [0, 0.05) is 24.7 Å². The quantitative estimate of drug-likeness (QED) is 0.357. The summed E-state index contributed by atoms with van der Waals surface area (Å²) in [5.74, 6) is -0.680. The molecule has 6 heteroatoms. The molecule has 0 aliphatic heterocycles. The van der Waals surface area contributed by atoms with Crippen molar-refractivity contribution in [1.29, 1.82) is 0 Å². The number of hydrogen-bond acceptors (Lipinski definition) is 6. The first kappa shape index (κ1) is 21.6. The van der Waals surface area contributed by atoms with Crippen LogP contribution in [-0.4, -0.2) is 51.3 Å². The van der Waals surface area contributed by atoms with E-state index in [1.807, 2.05) is 13.8 Å². The maximum Gasteiger partial charge on any atom is 0.333 e. The van der Waals surface area contributed by atoms with Crippen LogP contribution in [-0.2, 0) is 19.1 Å². The van der Waals surface area contributed by atoms with Crippen molar-refractivity contribution in [3.8, 4) is 0 Å². The molecule has 0 unspecified atom stereocenters. The maximum atomic E-state index is 10.8. The molecule has 2 N–H and O–H groups in total. The molecule has 122 valence electrons. The van der Waals surface area contributed by atoms with Crippen molar-refractivity contribution in [2.24, 2.45) is 0 Å². The van der Waals surface area contributed by atoms with Crippen molar-refractivity contribution in [3.05, 3.63) is 24.8 Å². The van der Waals surface area contributed by atoms with Crippen molar-refractivity contribution in [3.63, 3.8) is 0 Å². The molecule has 0 atom stereocenters. The average molecular weight is 300 g/mol. The van der Waals surface area contributed by atoms with Crippen LogP contribution in [0.3, 0.4) is 0 Å². The second-order valence-electron chi connectivity index (χ2n) is 3.99.